The zero-order valence-corrected chi connectivity index (χ0v) is 18.5. The van der Waals surface area contributed by atoms with Crippen molar-refractivity contribution < 1.29 is 27.3 Å². The summed E-state index contributed by atoms with van der Waals surface area (Å²) in [5, 5.41) is 14.2. The number of carbonyl (C=O) groups is 1. The highest BCUT2D eigenvalue weighted by Crippen LogP contribution is 2.50. The summed E-state index contributed by atoms with van der Waals surface area (Å²) in [6.07, 6.45) is -1.81. The van der Waals surface area contributed by atoms with E-state index in [1.807, 2.05) is 0 Å². The number of nitrogens with zero attached hydrogens (tertiary/aromatic N) is 2. The lowest BCUT2D eigenvalue weighted by molar-refractivity contribution is -0.141. The number of aliphatic hydroxyl groups is 1. The number of nitrogens with one attached hydrogen (secondary N) is 1. The number of aryl methyl sites for hydroxylation is 1. The van der Waals surface area contributed by atoms with Crippen molar-refractivity contribution in [2.75, 3.05) is 5.32 Å². The van der Waals surface area contributed by atoms with Crippen LogP contribution in [0.5, 0.6) is 0 Å². The maximum atomic E-state index is 13.7. The highest BCUT2D eigenvalue weighted by Gasteiger charge is 2.43. The van der Waals surface area contributed by atoms with Crippen LogP contribution in [-0.4, -0.2) is 16.1 Å². The van der Waals surface area contributed by atoms with E-state index < -0.39 is 34.1 Å². The number of anilines is 1. The number of aromatic nitrogens is 1. The fourth-order valence-corrected chi connectivity index (χ4v) is 5.60. The normalized spacial score (nSPS) is 17.6. The number of carbonyl (C=O) groups excluding carboxylic acids is 1. The molecule has 1 saturated carbocycles. The van der Waals surface area contributed by atoms with Crippen LogP contribution in [0.15, 0.2) is 20.0 Å². The van der Waals surface area contributed by atoms with Gasteiger partial charge in [-0.2, -0.15) is 24.5 Å². The maximum Gasteiger partial charge on any atom is 0.433 e. The molecule has 0 radical (unpaired) electrons. The third-order valence-electron chi connectivity index (χ3n) is 5.37. The van der Waals surface area contributed by atoms with Gasteiger partial charge in [-0.3, -0.25) is 0 Å². The molecule has 6 nitrogen and oxygen atoms in total. The van der Waals surface area contributed by atoms with Gasteiger partial charge in [0.25, 0.3) is 0 Å². The summed E-state index contributed by atoms with van der Waals surface area (Å²) in [5.74, 6) is -0.303. The third-order valence-corrected chi connectivity index (χ3v) is 7.60. The number of alkyl halides is 3. The molecule has 2 heterocycles. The fraction of sp³-hybridized carbons (Fsp3) is 0.500. The number of thiophene rings is 1. The minimum atomic E-state index is -4.63. The van der Waals surface area contributed by atoms with Crippen molar-refractivity contribution in [3.63, 3.8) is 0 Å². The molecule has 168 valence electrons. The fourth-order valence-electron chi connectivity index (χ4n) is 3.70. The average molecular weight is 473 g/mol. The number of urea groups is 1. The largest absolute Gasteiger partial charge is 0.439 e. The summed E-state index contributed by atoms with van der Waals surface area (Å²) in [6.45, 7) is 3.15. The Morgan fingerprint density at radius 1 is 1.32 bits per heavy atom. The molecular formula is C20H21F3N3O3S2-. The Morgan fingerprint density at radius 3 is 2.61 bits per heavy atom. The Bertz CT molecular complexity index is 1130. The minimum absolute atomic E-state index is 0.0166. The number of fused-ring (bicyclic) bond motifs is 1. The standard InChI is InChI=1S/C20H21F3N3O3S2/c1-19(2,28)11-8-14(30-9-11)31(29)26-18(27)25-16-12-4-3-5-13(12)24-17(20(21,22)23)15(16)10-6-7-10/h8-10,28H,3-7H2,1-2H3,(H,24,25,27)/q-1. The van der Waals surface area contributed by atoms with Crippen LogP contribution >= 0.6 is 11.3 Å². The van der Waals surface area contributed by atoms with Gasteiger partial charge in [-0.05, 0) is 72.6 Å². The van der Waals surface area contributed by atoms with Crippen molar-refractivity contribution in [1.82, 2.24) is 4.98 Å². The van der Waals surface area contributed by atoms with E-state index in [1.165, 1.54) is 6.07 Å². The predicted molar refractivity (Wildman–Crippen MR) is 111 cm³/mol. The van der Waals surface area contributed by atoms with Crippen LogP contribution in [0.25, 0.3) is 0 Å². The monoisotopic (exact) mass is 472 g/mol. The Labute approximate surface area is 183 Å². The van der Waals surface area contributed by atoms with Gasteiger partial charge in [0.2, 0.25) is 0 Å². The van der Waals surface area contributed by atoms with Gasteiger partial charge in [0, 0.05) is 11.3 Å². The second kappa shape index (κ2) is 7.86. The molecule has 0 aliphatic heterocycles. The summed E-state index contributed by atoms with van der Waals surface area (Å²) >= 11 is 1.08. The number of hydrogen-bond acceptors (Lipinski definition) is 6. The SMILES string of the molecule is CC(C)(O)c1csc(/[S-](=O)=N/C(=O)Nc2c3c(nc(C(F)(F)F)c2C2CC2)CCC3)c1. The van der Waals surface area contributed by atoms with Gasteiger partial charge in [0.05, 0.1) is 11.3 Å². The molecule has 2 aromatic rings. The molecule has 2 aliphatic rings. The first-order valence-corrected chi connectivity index (χ1v) is 11.8. The Morgan fingerprint density at radius 2 is 2.03 bits per heavy atom. The van der Waals surface area contributed by atoms with Crippen LogP contribution in [0.2, 0.25) is 0 Å². The molecule has 2 aliphatic carbocycles. The van der Waals surface area contributed by atoms with Crippen LogP contribution in [0.3, 0.4) is 0 Å². The molecule has 31 heavy (non-hydrogen) atoms. The summed E-state index contributed by atoms with van der Waals surface area (Å²) < 4.78 is 57.4. The molecule has 0 aromatic carbocycles. The van der Waals surface area contributed by atoms with Crippen molar-refractivity contribution in [3.8, 4) is 0 Å². The van der Waals surface area contributed by atoms with Gasteiger partial charge >= 0.3 is 12.2 Å². The van der Waals surface area contributed by atoms with Crippen molar-refractivity contribution >= 4 is 33.7 Å². The number of pyridine rings is 1. The van der Waals surface area contributed by atoms with Crippen molar-refractivity contribution in [1.29, 1.82) is 0 Å². The highest BCUT2D eigenvalue weighted by atomic mass is 32.2. The minimum Gasteiger partial charge on any atom is -0.439 e. The van der Waals surface area contributed by atoms with E-state index in [9.17, 15) is 27.3 Å². The molecule has 4 rings (SSSR count). The van der Waals surface area contributed by atoms with Gasteiger partial charge < -0.3 is 19.0 Å². The quantitative estimate of drug-likeness (QED) is 0.576. The second-order valence-electron chi connectivity index (χ2n) is 8.28. The molecule has 2 amide bonds. The van der Waals surface area contributed by atoms with Crippen LogP contribution < -0.4 is 5.32 Å². The molecule has 0 bridgehead atoms. The van der Waals surface area contributed by atoms with E-state index in [0.717, 1.165) is 11.3 Å². The first-order valence-electron chi connectivity index (χ1n) is 9.84. The zero-order chi connectivity index (χ0) is 22.6. The molecule has 0 atom stereocenters. The molecule has 2 N–H and O–H groups in total. The molecular weight excluding hydrogens is 451 g/mol. The lowest BCUT2D eigenvalue weighted by Gasteiger charge is -2.20. The lowest BCUT2D eigenvalue weighted by Crippen LogP contribution is -2.19. The van der Waals surface area contributed by atoms with Gasteiger partial charge in [-0.15, -0.1) is 10.6 Å². The second-order valence-corrected chi connectivity index (χ2v) is 10.6. The molecule has 1 fully saturated rings. The van der Waals surface area contributed by atoms with Gasteiger partial charge in [-0.1, -0.05) is 6.07 Å². The van der Waals surface area contributed by atoms with E-state index in [0.29, 0.717) is 48.9 Å². The molecule has 0 unspecified atom stereocenters. The van der Waals surface area contributed by atoms with Crippen molar-refractivity contribution in [3.05, 3.63) is 39.5 Å². The lowest BCUT2D eigenvalue weighted by atomic mass is 10.00. The first-order chi connectivity index (χ1) is 14.4. The molecule has 0 spiro atoms. The topological polar surface area (TPSA) is 91.6 Å². The van der Waals surface area contributed by atoms with Crippen LogP contribution in [0.1, 0.15) is 67.1 Å². The molecule has 11 heteroatoms. The van der Waals surface area contributed by atoms with E-state index in [2.05, 4.69) is 14.7 Å². The summed E-state index contributed by atoms with van der Waals surface area (Å²) in [7, 11) is -2.04. The predicted octanol–water partition coefficient (Wildman–Crippen LogP) is 5.49. The van der Waals surface area contributed by atoms with Crippen LogP contribution in [0, 0.1) is 0 Å². The van der Waals surface area contributed by atoms with Crippen molar-refractivity contribution in [2.45, 2.75) is 67.9 Å². The van der Waals surface area contributed by atoms with Gasteiger partial charge in [0.1, 0.15) is 5.69 Å². The Hall–Kier alpha value is -1.98. The summed E-state index contributed by atoms with van der Waals surface area (Å²) in [5.41, 5.74) is -0.430. The summed E-state index contributed by atoms with van der Waals surface area (Å²) in [4.78, 5) is 16.4. The van der Waals surface area contributed by atoms with Crippen molar-refractivity contribution in [2.24, 2.45) is 4.36 Å². The number of halogens is 3. The number of rotatable bonds is 4. The van der Waals surface area contributed by atoms with Crippen LogP contribution in [-0.2, 0) is 39.4 Å². The van der Waals surface area contributed by atoms with Gasteiger partial charge in [-0.25, -0.2) is 9.78 Å². The first kappa shape index (κ1) is 22.2. The number of amides is 2. The zero-order valence-electron chi connectivity index (χ0n) is 16.9. The van der Waals surface area contributed by atoms with E-state index >= 15 is 0 Å². The average Bonchev–Trinajstić information content (AvgIpc) is 3.16. The Balaban J connectivity index is 1.68. The Kier molecular flexibility index (Phi) is 5.63. The smallest absolute Gasteiger partial charge is 0.433 e. The van der Waals surface area contributed by atoms with E-state index in [1.54, 1.807) is 19.2 Å². The highest BCUT2D eigenvalue weighted by molar-refractivity contribution is 7.78. The van der Waals surface area contributed by atoms with Crippen LogP contribution in [0.4, 0.5) is 23.7 Å². The molecule has 2 aromatic heterocycles. The van der Waals surface area contributed by atoms with Gasteiger partial charge in [0.15, 0.2) is 0 Å². The third kappa shape index (κ3) is 4.63. The maximum absolute atomic E-state index is 13.7. The summed E-state index contributed by atoms with van der Waals surface area (Å²) in [6, 6.07) is 0.533. The van der Waals surface area contributed by atoms with E-state index in [4.69, 9.17) is 0 Å². The number of hydrogen-bond donors (Lipinski definition) is 2. The van der Waals surface area contributed by atoms with E-state index in [-0.39, 0.29) is 21.4 Å². The molecule has 0 saturated heterocycles.